The maximum Gasteiger partial charge on any atom is 0.327 e. The zero-order valence-corrected chi connectivity index (χ0v) is 19.0. The Bertz CT molecular complexity index is 1570. The SMILES string of the molecule is O=c1[nH]c2c(c(=O)[nH]1)C(c1ccc([N+](=O)[O-])cc1)c1c([nH]c(=O)[nH]c1=O)N2[C@H]1C(O)O[C@H](CO)[C@@H](O)C1O. The van der Waals surface area contributed by atoms with Gasteiger partial charge >= 0.3 is 11.4 Å². The number of aliphatic hydroxyl groups is 4. The lowest BCUT2D eigenvalue weighted by Crippen LogP contribution is -2.64. The predicted molar refractivity (Wildman–Crippen MR) is 125 cm³/mol. The van der Waals surface area contributed by atoms with Gasteiger partial charge in [-0.3, -0.25) is 39.6 Å². The van der Waals surface area contributed by atoms with Crippen molar-refractivity contribution in [1.82, 2.24) is 19.9 Å². The lowest BCUT2D eigenvalue weighted by Gasteiger charge is -2.47. The summed E-state index contributed by atoms with van der Waals surface area (Å²) in [6, 6.07) is 3.12. The molecule has 4 heterocycles. The van der Waals surface area contributed by atoms with E-state index >= 15 is 0 Å². The van der Waals surface area contributed by atoms with Gasteiger partial charge in [0.05, 0.1) is 28.6 Å². The van der Waals surface area contributed by atoms with Crippen LogP contribution in [0.2, 0.25) is 0 Å². The summed E-state index contributed by atoms with van der Waals surface area (Å²) in [6.45, 7) is -0.773. The van der Waals surface area contributed by atoms with Crippen molar-refractivity contribution in [2.45, 2.75) is 36.6 Å². The molecule has 1 aromatic carbocycles. The Morgan fingerprint density at radius 1 is 0.868 bits per heavy atom. The van der Waals surface area contributed by atoms with Crippen LogP contribution in [0.1, 0.15) is 22.6 Å². The summed E-state index contributed by atoms with van der Waals surface area (Å²) in [7, 11) is 0. The number of nitro groups is 1. The van der Waals surface area contributed by atoms with Gasteiger partial charge in [0.15, 0.2) is 6.29 Å². The van der Waals surface area contributed by atoms with Gasteiger partial charge < -0.3 is 30.1 Å². The van der Waals surface area contributed by atoms with Gasteiger partial charge in [-0.1, -0.05) is 12.1 Å². The molecule has 200 valence electrons. The number of aliphatic hydroxyl groups excluding tert-OH is 4. The molecule has 5 rings (SSSR count). The Morgan fingerprint density at radius 2 is 1.39 bits per heavy atom. The first kappa shape index (κ1) is 25.2. The fourth-order valence-corrected chi connectivity index (χ4v) is 4.92. The summed E-state index contributed by atoms with van der Waals surface area (Å²) < 4.78 is 5.22. The molecule has 8 N–H and O–H groups in total. The first-order valence-corrected chi connectivity index (χ1v) is 11.1. The number of non-ortho nitro benzene ring substituents is 1. The largest absolute Gasteiger partial charge is 0.394 e. The number of hydrogen-bond donors (Lipinski definition) is 8. The second-order valence-electron chi connectivity index (χ2n) is 8.71. The van der Waals surface area contributed by atoms with Crippen molar-refractivity contribution in [2.24, 2.45) is 0 Å². The van der Waals surface area contributed by atoms with Gasteiger partial charge in [0.2, 0.25) is 0 Å². The third kappa shape index (κ3) is 3.85. The van der Waals surface area contributed by atoms with Crippen molar-refractivity contribution in [2.75, 3.05) is 11.5 Å². The Morgan fingerprint density at radius 3 is 1.87 bits per heavy atom. The van der Waals surface area contributed by atoms with E-state index in [1.54, 1.807) is 0 Å². The van der Waals surface area contributed by atoms with Crippen LogP contribution >= 0.6 is 0 Å². The summed E-state index contributed by atoms with van der Waals surface area (Å²) in [5.74, 6) is -2.03. The maximum absolute atomic E-state index is 13.2. The number of aromatic nitrogens is 4. The Labute approximate surface area is 208 Å². The van der Waals surface area contributed by atoms with E-state index < -0.39 is 70.6 Å². The minimum Gasteiger partial charge on any atom is -0.394 e. The highest BCUT2D eigenvalue weighted by atomic mass is 16.6. The number of rotatable bonds is 4. The number of hydrogen-bond acceptors (Lipinski definition) is 12. The van der Waals surface area contributed by atoms with Crippen LogP contribution in [0.4, 0.5) is 17.3 Å². The van der Waals surface area contributed by atoms with Crippen LogP contribution in [-0.4, -0.2) is 82.5 Å². The van der Waals surface area contributed by atoms with E-state index in [9.17, 15) is 49.7 Å². The molecule has 0 amide bonds. The number of H-pyrrole nitrogens is 4. The Balaban J connectivity index is 1.82. The normalized spacial score (nSPS) is 25.1. The molecule has 0 aliphatic carbocycles. The molecular formula is C21H20N6O11. The highest BCUT2D eigenvalue weighted by Gasteiger charge is 2.51. The zero-order chi connectivity index (χ0) is 27.5. The molecule has 2 unspecified atom stereocenters. The Hall–Kier alpha value is -4.42. The zero-order valence-electron chi connectivity index (χ0n) is 19.0. The van der Waals surface area contributed by atoms with E-state index in [1.807, 2.05) is 9.97 Å². The van der Waals surface area contributed by atoms with Crippen LogP contribution < -0.4 is 27.4 Å². The average molecular weight is 532 g/mol. The van der Waals surface area contributed by atoms with Crippen molar-refractivity contribution in [3.05, 3.63) is 92.7 Å². The molecule has 38 heavy (non-hydrogen) atoms. The lowest BCUT2D eigenvalue weighted by molar-refractivity contribution is -0.384. The molecule has 0 saturated carbocycles. The minimum atomic E-state index is -1.97. The highest BCUT2D eigenvalue weighted by Crippen LogP contribution is 2.45. The molecule has 0 bridgehead atoms. The predicted octanol–water partition coefficient (Wildman–Crippen LogP) is -3.22. The van der Waals surface area contributed by atoms with Gasteiger partial charge in [0, 0.05) is 12.1 Å². The monoisotopic (exact) mass is 532 g/mol. The van der Waals surface area contributed by atoms with Crippen LogP contribution in [0, 0.1) is 10.1 Å². The summed E-state index contributed by atoms with van der Waals surface area (Å²) in [5.41, 5.74) is -4.66. The number of nitro benzene ring substituents is 1. The van der Waals surface area contributed by atoms with Gasteiger partial charge in [-0.15, -0.1) is 0 Å². The Kier molecular flexibility index (Phi) is 6.08. The second kappa shape index (κ2) is 9.15. The van der Waals surface area contributed by atoms with Crippen LogP contribution in [0.25, 0.3) is 0 Å². The topological polar surface area (TPSA) is 268 Å². The average Bonchev–Trinajstić information content (AvgIpc) is 2.86. The van der Waals surface area contributed by atoms with E-state index in [4.69, 9.17) is 4.74 Å². The number of anilines is 2. The first-order chi connectivity index (χ1) is 18.0. The van der Waals surface area contributed by atoms with Gasteiger partial charge in [0.25, 0.3) is 16.8 Å². The minimum absolute atomic E-state index is 0.189. The quantitative estimate of drug-likeness (QED) is 0.122. The van der Waals surface area contributed by atoms with Crippen LogP contribution in [-0.2, 0) is 4.74 Å². The third-order valence-electron chi connectivity index (χ3n) is 6.58. The summed E-state index contributed by atoms with van der Waals surface area (Å²) in [5, 5.41) is 52.6. The van der Waals surface area contributed by atoms with Crippen molar-refractivity contribution in [3.63, 3.8) is 0 Å². The number of ether oxygens (including phenoxy) is 1. The van der Waals surface area contributed by atoms with E-state index in [1.165, 1.54) is 12.1 Å². The molecule has 1 fully saturated rings. The molecule has 17 nitrogen and oxygen atoms in total. The number of nitrogens with one attached hydrogen (secondary N) is 4. The van der Waals surface area contributed by atoms with E-state index in [2.05, 4.69) is 9.97 Å². The van der Waals surface area contributed by atoms with Gasteiger partial charge in [-0.2, -0.15) is 0 Å². The number of nitrogens with zero attached hydrogens (tertiary/aromatic N) is 2. The smallest absolute Gasteiger partial charge is 0.327 e. The molecule has 2 aromatic heterocycles. The third-order valence-corrected chi connectivity index (χ3v) is 6.58. The molecule has 0 spiro atoms. The van der Waals surface area contributed by atoms with Crippen LogP contribution in [0.3, 0.4) is 0 Å². The first-order valence-electron chi connectivity index (χ1n) is 11.1. The summed E-state index contributed by atoms with van der Waals surface area (Å²) in [4.78, 5) is 71.2. The van der Waals surface area contributed by atoms with Crippen molar-refractivity contribution in [1.29, 1.82) is 0 Å². The van der Waals surface area contributed by atoms with Crippen LogP contribution in [0.15, 0.2) is 43.4 Å². The molecule has 1 saturated heterocycles. The highest BCUT2D eigenvalue weighted by molar-refractivity contribution is 5.73. The molecule has 0 radical (unpaired) electrons. The maximum atomic E-state index is 13.2. The van der Waals surface area contributed by atoms with Crippen molar-refractivity contribution in [3.8, 4) is 0 Å². The molecule has 3 aromatic rings. The second-order valence-corrected chi connectivity index (χ2v) is 8.71. The standard InChI is InChI=1S/C21H20N6O11/c28-5-8-13(29)14(30)12(19(33)38-8)26-15-10(17(31)24-20(34)22-15)9(6-1-3-7(4-2-6)27(36)37)11-16(26)23-21(35)25-18(11)32/h1-4,8-9,12-14,19,28-30,33H,5H2,(H2,22,24,31,34)(H2,23,25,32,35)/t8-,12-,13-,14?,19?/m1/s1. The number of benzene rings is 1. The lowest BCUT2D eigenvalue weighted by atomic mass is 9.82. The number of aromatic amines is 4. The molecule has 17 heteroatoms. The van der Waals surface area contributed by atoms with E-state index in [0.29, 0.717) is 0 Å². The van der Waals surface area contributed by atoms with Gasteiger partial charge in [-0.05, 0) is 5.56 Å². The van der Waals surface area contributed by atoms with Crippen molar-refractivity contribution >= 4 is 17.3 Å². The summed E-state index contributed by atoms with van der Waals surface area (Å²) >= 11 is 0. The fraction of sp³-hybridized carbons (Fsp3) is 0.333. The molecule has 5 atom stereocenters. The van der Waals surface area contributed by atoms with E-state index in [0.717, 1.165) is 17.0 Å². The fourth-order valence-electron chi connectivity index (χ4n) is 4.92. The van der Waals surface area contributed by atoms with Crippen molar-refractivity contribution < 1.29 is 30.1 Å². The van der Waals surface area contributed by atoms with Crippen LogP contribution in [0.5, 0.6) is 0 Å². The van der Waals surface area contributed by atoms with E-state index in [-0.39, 0.29) is 34.0 Å². The molecular weight excluding hydrogens is 512 g/mol. The van der Waals surface area contributed by atoms with Gasteiger partial charge in [-0.25, -0.2) is 9.59 Å². The molecule has 2 aliphatic heterocycles. The molecule has 2 aliphatic rings. The summed E-state index contributed by atoms with van der Waals surface area (Å²) in [6.07, 6.45) is -7.02. The van der Waals surface area contributed by atoms with Gasteiger partial charge in [0.1, 0.15) is 36.0 Å². The number of fused-ring (bicyclic) bond motifs is 2.